The maximum atomic E-state index is 16.5. The lowest BCUT2D eigenvalue weighted by atomic mass is 10.0. The van der Waals surface area contributed by atoms with Gasteiger partial charge in [-0.1, -0.05) is 11.2 Å². The molecule has 5 N–H and O–H groups in total. The van der Waals surface area contributed by atoms with Crippen LogP contribution < -0.4 is 16.4 Å². The largest absolute Gasteiger partial charge is 0.506 e. The quantitative estimate of drug-likeness (QED) is 0.209. The molecule has 3 aromatic heterocycles. The molecule has 224 valence electrons. The van der Waals surface area contributed by atoms with Gasteiger partial charge in [-0.05, 0) is 69.5 Å². The minimum atomic E-state index is -0.910. The molecule has 6 aromatic rings. The Morgan fingerprint density at radius 3 is 2.43 bits per heavy atom. The molecule has 0 atom stereocenters. The maximum absolute atomic E-state index is 16.5. The highest BCUT2D eigenvalue weighted by Gasteiger charge is 2.25. The van der Waals surface area contributed by atoms with Crippen LogP contribution >= 0.6 is 0 Å². The van der Waals surface area contributed by atoms with Gasteiger partial charge in [0.25, 0.3) is 5.91 Å². The number of fused-ring (bicyclic) bond motifs is 2. The Hall–Kier alpha value is -5.56. The summed E-state index contributed by atoms with van der Waals surface area (Å²) in [4.78, 5) is 20.4. The van der Waals surface area contributed by atoms with Gasteiger partial charge in [0, 0.05) is 52.9 Å². The number of hydrogen-bond donors (Lipinski definition) is 3. The van der Waals surface area contributed by atoms with Crippen LogP contribution in [0.15, 0.2) is 71.5 Å². The van der Waals surface area contributed by atoms with Gasteiger partial charge in [-0.3, -0.25) is 9.78 Å². The van der Waals surface area contributed by atoms with Crippen LogP contribution in [0.4, 0.5) is 26.0 Å². The zero-order chi connectivity index (χ0) is 31.1. The van der Waals surface area contributed by atoms with Crippen molar-refractivity contribution in [3.63, 3.8) is 0 Å². The van der Waals surface area contributed by atoms with Crippen molar-refractivity contribution in [2.45, 2.75) is 6.42 Å². The molecule has 0 spiro atoms. The average molecular weight is 599 g/mol. The number of nitrogens with two attached hydrogens (primary N) is 2. The lowest BCUT2D eigenvalue weighted by Crippen LogP contribution is -2.23. The molecule has 1 amide bonds. The Kier molecular flexibility index (Phi) is 7.31. The second-order valence-electron chi connectivity index (χ2n) is 10.5. The first-order valence-electron chi connectivity index (χ1n) is 13.7. The average Bonchev–Trinajstić information content (AvgIpc) is 3.56. The van der Waals surface area contributed by atoms with Crippen LogP contribution in [0.1, 0.15) is 16.9 Å². The number of phenolic OH excluding ortho intramolecular Hbond substituents is 1. The number of primary amides is 1. The highest BCUT2D eigenvalue weighted by Crippen LogP contribution is 2.38. The minimum absolute atomic E-state index is 0.00699. The number of pyridine rings is 1. The summed E-state index contributed by atoms with van der Waals surface area (Å²) in [5.74, 6) is -2.75. The fourth-order valence-electron chi connectivity index (χ4n) is 5.25. The van der Waals surface area contributed by atoms with Crippen LogP contribution in [-0.4, -0.2) is 63.0 Å². The van der Waals surface area contributed by atoms with Crippen LogP contribution in [0.3, 0.4) is 0 Å². The maximum Gasteiger partial charge on any atom is 0.269 e. The van der Waals surface area contributed by atoms with E-state index in [0.29, 0.717) is 17.6 Å². The van der Waals surface area contributed by atoms with Gasteiger partial charge in [-0.15, -0.1) is 0 Å². The topological polar surface area (TPSA) is 153 Å². The minimum Gasteiger partial charge on any atom is -0.506 e. The number of rotatable bonds is 9. The number of hydrogen-bond acceptors (Lipinski definition) is 9. The van der Waals surface area contributed by atoms with Crippen molar-refractivity contribution in [1.82, 2.24) is 24.8 Å². The number of carbonyl (C=O) groups excluding carboxylic acids is 1. The number of halogens is 2. The Morgan fingerprint density at radius 2 is 1.73 bits per heavy atom. The van der Waals surface area contributed by atoms with E-state index in [1.807, 2.05) is 31.1 Å². The summed E-state index contributed by atoms with van der Waals surface area (Å²) >= 11 is 0. The number of anilines is 3. The van der Waals surface area contributed by atoms with Crippen molar-refractivity contribution >= 4 is 45.0 Å². The number of benzene rings is 3. The molecule has 11 nitrogen and oxygen atoms in total. The van der Waals surface area contributed by atoms with E-state index in [4.69, 9.17) is 16.0 Å². The van der Waals surface area contributed by atoms with Crippen LogP contribution in [0.5, 0.6) is 5.75 Å². The molecule has 0 saturated carbocycles. The van der Waals surface area contributed by atoms with Gasteiger partial charge in [0.15, 0.2) is 22.9 Å². The SMILES string of the molecule is CN(C)CCCN(c1ccncc1)c1ccc(-c2ccc3c(C(N)=O)nn(-c4cc5c(N)noc5cc4O)c3c2F)c(F)c1. The summed E-state index contributed by atoms with van der Waals surface area (Å²) in [6.07, 6.45) is 4.15. The predicted octanol–water partition coefficient (Wildman–Crippen LogP) is 4.98. The summed E-state index contributed by atoms with van der Waals surface area (Å²) in [5, 5.41) is 19.1. The first kappa shape index (κ1) is 28.6. The molecule has 0 fully saturated rings. The van der Waals surface area contributed by atoms with E-state index in [2.05, 4.69) is 20.1 Å². The van der Waals surface area contributed by atoms with Crippen LogP contribution in [0.2, 0.25) is 0 Å². The lowest BCUT2D eigenvalue weighted by molar-refractivity contribution is 0.0996. The van der Waals surface area contributed by atoms with E-state index in [1.54, 1.807) is 18.5 Å². The van der Waals surface area contributed by atoms with Crippen LogP contribution in [-0.2, 0) is 0 Å². The highest BCUT2D eigenvalue weighted by molar-refractivity contribution is 6.06. The zero-order valence-corrected chi connectivity index (χ0v) is 23.8. The number of amides is 1. The summed E-state index contributed by atoms with van der Waals surface area (Å²) in [5.41, 5.74) is 12.5. The molecular weight excluding hydrogens is 570 g/mol. The van der Waals surface area contributed by atoms with Crippen molar-refractivity contribution in [2.24, 2.45) is 5.73 Å². The Labute approximate surface area is 249 Å². The third-order valence-corrected chi connectivity index (χ3v) is 7.36. The fourth-order valence-corrected chi connectivity index (χ4v) is 5.25. The number of nitrogen functional groups attached to an aromatic ring is 1. The fraction of sp³-hybridized carbons (Fsp3) is 0.161. The van der Waals surface area contributed by atoms with Crippen molar-refractivity contribution in [3.8, 4) is 22.6 Å². The molecule has 13 heteroatoms. The second kappa shape index (κ2) is 11.3. The molecule has 0 aliphatic heterocycles. The van der Waals surface area contributed by atoms with E-state index in [-0.39, 0.29) is 50.6 Å². The zero-order valence-electron chi connectivity index (χ0n) is 23.8. The molecule has 0 unspecified atom stereocenters. The lowest BCUT2D eigenvalue weighted by Gasteiger charge is -2.26. The van der Waals surface area contributed by atoms with Crippen molar-refractivity contribution in [1.29, 1.82) is 0 Å². The molecule has 0 saturated heterocycles. The van der Waals surface area contributed by atoms with Gasteiger partial charge < -0.3 is 30.9 Å². The summed E-state index contributed by atoms with van der Waals surface area (Å²) < 4.78 is 38.4. The number of aromatic hydroxyl groups is 1. The van der Waals surface area contributed by atoms with Crippen molar-refractivity contribution in [3.05, 3.63) is 84.3 Å². The molecule has 44 heavy (non-hydrogen) atoms. The van der Waals surface area contributed by atoms with Gasteiger partial charge in [0.2, 0.25) is 0 Å². The molecule has 3 heterocycles. The first-order chi connectivity index (χ1) is 21.1. The smallest absolute Gasteiger partial charge is 0.269 e. The summed E-state index contributed by atoms with van der Waals surface area (Å²) in [7, 11) is 3.97. The van der Waals surface area contributed by atoms with Crippen LogP contribution in [0, 0.1) is 11.6 Å². The van der Waals surface area contributed by atoms with Gasteiger partial charge in [0.05, 0.1) is 5.39 Å². The molecule has 0 aliphatic carbocycles. The van der Waals surface area contributed by atoms with Gasteiger partial charge in [-0.25, -0.2) is 13.5 Å². The summed E-state index contributed by atoms with van der Waals surface area (Å²) in [6, 6.07) is 13.7. The van der Waals surface area contributed by atoms with E-state index >= 15 is 8.78 Å². The van der Waals surface area contributed by atoms with E-state index < -0.39 is 17.5 Å². The third kappa shape index (κ3) is 5.02. The van der Waals surface area contributed by atoms with Gasteiger partial charge in [0.1, 0.15) is 22.8 Å². The molecule has 0 aliphatic rings. The second-order valence-corrected chi connectivity index (χ2v) is 10.5. The number of carbonyl (C=O) groups is 1. The Balaban J connectivity index is 1.47. The number of nitrogens with zero attached hydrogens (tertiary/aromatic N) is 6. The van der Waals surface area contributed by atoms with Gasteiger partial charge in [-0.2, -0.15) is 5.10 Å². The Bertz CT molecular complexity index is 2020. The normalized spacial score (nSPS) is 11.6. The molecular formula is C31H28F2N8O3. The highest BCUT2D eigenvalue weighted by atomic mass is 19.1. The van der Waals surface area contributed by atoms with Crippen molar-refractivity contribution < 1.29 is 23.2 Å². The monoisotopic (exact) mass is 598 g/mol. The molecule has 6 rings (SSSR count). The van der Waals surface area contributed by atoms with E-state index in [9.17, 15) is 9.90 Å². The van der Waals surface area contributed by atoms with Crippen molar-refractivity contribution in [2.75, 3.05) is 37.8 Å². The standard InChI is InChI=1S/C31H28F2N8O3/c1-39(2)12-3-13-40(17-8-10-36-11-9-17)18-4-5-19(23(32)14-18)20-6-7-21-28(31(35)43)37-41(29(21)27(20)33)24-15-22-26(16-25(24)42)44-38-30(22)34/h4-11,14-16,42H,3,12-13H2,1-2H3,(H2,34,38)(H2,35,43). The predicted molar refractivity (Wildman–Crippen MR) is 163 cm³/mol. The molecule has 3 aromatic carbocycles. The summed E-state index contributed by atoms with van der Waals surface area (Å²) in [6.45, 7) is 1.45. The Morgan fingerprint density at radius 1 is 0.977 bits per heavy atom. The van der Waals surface area contributed by atoms with Gasteiger partial charge >= 0.3 is 0 Å². The number of aromatic nitrogens is 4. The first-order valence-corrected chi connectivity index (χ1v) is 13.7. The van der Waals surface area contributed by atoms with E-state index in [1.165, 1.54) is 36.4 Å². The number of phenols is 1. The van der Waals surface area contributed by atoms with E-state index in [0.717, 1.165) is 23.3 Å². The third-order valence-electron chi connectivity index (χ3n) is 7.36. The molecule has 0 bridgehead atoms. The molecule has 0 radical (unpaired) electrons. The van der Waals surface area contributed by atoms with Crippen LogP contribution in [0.25, 0.3) is 38.7 Å².